The van der Waals surface area contributed by atoms with Gasteiger partial charge in [-0.05, 0) is 86.3 Å². The fourth-order valence-electron chi connectivity index (χ4n) is 4.58. The summed E-state index contributed by atoms with van der Waals surface area (Å²) in [5, 5.41) is 13.9. The SMILES string of the molecule is CCC(CC)Nc1c(/C=C(\C)O)c(C)cc(C)c1-c1ccc2c(c1)[C@H](C)CC2. The number of hydrogen-bond acceptors (Lipinski definition) is 2. The van der Waals surface area contributed by atoms with Gasteiger partial charge in [-0.1, -0.05) is 45.0 Å². The predicted molar refractivity (Wildman–Crippen MR) is 122 cm³/mol. The summed E-state index contributed by atoms with van der Waals surface area (Å²) in [5.41, 5.74) is 10.3. The molecule has 2 N–H and O–H groups in total. The van der Waals surface area contributed by atoms with Crippen LogP contribution >= 0.6 is 0 Å². The van der Waals surface area contributed by atoms with Crippen molar-refractivity contribution in [2.24, 2.45) is 0 Å². The van der Waals surface area contributed by atoms with Crippen LogP contribution < -0.4 is 5.32 Å². The molecule has 0 saturated heterocycles. The van der Waals surface area contributed by atoms with Crippen molar-refractivity contribution in [1.29, 1.82) is 0 Å². The van der Waals surface area contributed by atoms with Gasteiger partial charge in [-0.15, -0.1) is 0 Å². The lowest BCUT2D eigenvalue weighted by Crippen LogP contribution is -2.19. The lowest BCUT2D eigenvalue weighted by atomic mass is 9.89. The topological polar surface area (TPSA) is 32.3 Å². The molecule has 2 nitrogen and oxygen atoms in total. The second kappa shape index (κ2) is 8.43. The molecule has 0 fully saturated rings. The van der Waals surface area contributed by atoms with Crippen LogP contribution in [-0.4, -0.2) is 11.1 Å². The van der Waals surface area contributed by atoms with E-state index in [1.54, 1.807) is 6.92 Å². The van der Waals surface area contributed by atoms with Crippen LogP contribution in [0.25, 0.3) is 17.2 Å². The minimum Gasteiger partial charge on any atom is -0.513 e. The molecule has 28 heavy (non-hydrogen) atoms. The van der Waals surface area contributed by atoms with Crippen molar-refractivity contribution in [1.82, 2.24) is 0 Å². The molecule has 0 aliphatic heterocycles. The molecule has 0 radical (unpaired) electrons. The van der Waals surface area contributed by atoms with E-state index in [0.717, 1.165) is 24.1 Å². The molecule has 2 aromatic rings. The Morgan fingerprint density at radius 3 is 2.54 bits per heavy atom. The molecule has 0 unspecified atom stereocenters. The van der Waals surface area contributed by atoms with Crippen LogP contribution in [-0.2, 0) is 6.42 Å². The quantitative estimate of drug-likeness (QED) is 0.510. The van der Waals surface area contributed by atoms with Crippen LogP contribution in [0.5, 0.6) is 0 Å². The molecule has 1 aliphatic rings. The van der Waals surface area contributed by atoms with Crippen LogP contribution in [0.4, 0.5) is 5.69 Å². The van der Waals surface area contributed by atoms with Crippen molar-refractivity contribution in [3.05, 3.63) is 57.8 Å². The van der Waals surface area contributed by atoms with E-state index in [1.807, 2.05) is 6.08 Å². The van der Waals surface area contributed by atoms with Crippen LogP contribution in [0.3, 0.4) is 0 Å². The number of nitrogens with one attached hydrogen (secondary N) is 1. The summed E-state index contributed by atoms with van der Waals surface area (Å²) in [6, 6.07) is 9.67. The molecular formula is C26H35NO. The van der Waals surface area contributed by atoms with Crippen molar-refractivity contribution < 1.29 is 5.11 Å². The van der Waals surface area contributed by atoms with E-state index in [-0.39, 0.29) is 0 Å². The van der Waals surface area contributed by atoms with Gasteiger partial charge in [0, 0.05) is 17.2 Å². The van der Waals surface area contributed by atoms with Crippen molar-refractivity contribution in [3.63, 3.8) is 0 Å². The number of rotatable bonds is 6. The van der Waals surface area contributed by atoms with E-state index in [2.05, 4.69) is 64.2 Å². The lowest BCUT2D eigenvalue weighted by molar-refractivity contribution is 0.420. The first kappa shape index (κ1) is 20.5. The molecule has 0 saturated carbocycles. The van der Waals surface area contributed by atoms with Crippen LogP contribution in [0.15, 0.2) is 30.0 Å². The van der Waals surface area contributed by atoms with Gasteiger partial charge in [0.25, 0.3) is 0 Å². The van der Waals surface area contributed by atoms with Gasteiger partial charge in [-0.25, -0.2) is 0 Å². The standard InChI is InChI=1S/C26H35NO/c1-7-22(8-2)27-26-24(14-19(6)28)17(4)13-18(5)25(26)21-12-11-20-10-9-16(3)23(20)15-21/h11-16,22,27-28H,7-10H2,1-6H3/b19-14+/t16-/m1/s1. The van der Waals surface area contributed by atoms with Crippen LogP contribution in [0, 0.1) is 13.8 Å². The van der Waals surface area contributed by atoms with Gasteiger partial charge in [0.2, 0.25) is 0 Å². The average Bonchev–Trinajstić information content (AvgIpc) is 3.02. The van der Waals surface area contributed by atoms with Gasteiger partial charge in [0.1, 0.15) is 0 Å². The first-order valence-corrected chi connectivity index (χ1v) is 10.8. The number of anilines is 1. The minimum absolute atomic E-state index is 0.341. The zero-order valence-electron chi connectivity index (χ0n) is 18.3. The Labute approximate surface area is 170 Å². The summed E-state index contributed by atoms with van der Waals surface area (Å²) < 4.78 is 0. The van der Waals surface area contributed by atoms with Crippen LogP contribution in [0.1, 0.15) is 80.7 Å². The first-order chi connectivity index (χ1) is 13.3. The normalized spacial score (nSPS) is 16.5. The minimum atomic E-state index is 0.341. The smallest absolute Gasteiger partial charge is 0.0898 e. The molecular weight excluding hydrogens is 342 g/mol. The van der Waals surface area contributed by atoms with E-state index >= 15 is 0 Å². The Hall–Kier alpha value is -2.22. The number of benzene rings is 2. The number of allylic oxidation sites excluding steroid dienone is 1. The van der Waals surface area contributed by atoms with Crippen molar-refractivity contribution in [2.75, 3.05) is 5.32 Å². The zero-order chi connectivity index (χ0) is 20.4. The number of aryl methyl sites for hydroxylation is 3. The van der Waals surface area contributed by atoms with E-state index in [4.69, 9.17) is 0 Å². The highest BCUT2D eigenvalue weighted by Gasteiger charge is 2.22. The van der Waals surface area contributed by atoms with E-state index in [9.17, 15) is 5.11 Å². The fraction of sp³-hybridized carbons (Fsp3) is 0.462. The molecule has 0 aromatic heterocycles. The summed E-state index contributed by atoms with van der Waals surface area (Å²) >= 11 is 0. The molecule has 0 bridgehead atoms. The third-order valence-electron chi connectivity index (χ3n) is 6.27. The zero-order valence-corrected chi connectivity index (χ0v) is 18.3. The largest absolute Gasteiger partial charge is 0.513 e. The predicted octanol–water partition coefficient (Wildman–Crippen LogP) is 7.54. The summed E-state index contributed by atoms with van der Waals surface area (Å²) in [6.45, 7) is 12.9. The maximum atomic E-state index is 10.0. The molecule has 1 atom stereocenters. The molecule has 150 valence electrons. The highest BCUT2D eigenvalue weighted by Crippen LogP contribution is 2.41. The summed E-state index contributed by atoms with van der Waals surface area (Å²) in [5.74, 6) is 0.975. The molecule has 0 amide bonds. The molecule has 2 aromatic carbocycles. The summed E-state index contributed by atoms with van der Waals surface area (Å²) in [7, 11) is 0. The summed E-state index contributed by atoms with van der Waals surface area (Å²) in [4.78, 5) is 0. The summed E-state index contributed by atoms with van der Waals surface area (Å²) in [6.07, 6.45) is 6.50. The van der Waals surface area contributed by atoms with Gasteiger partial charge in [-0.3, -0.25) is 0 Å². The molecule has 0 heterocycles. The van der Waals surface area contributed by atoms with Gasteiger partial charge in [0.05, 0.1) is 11.4 Å². The highest BCUT2D eigenvalue weighted by molar-refractivity contribution is 5.89. The number of fused-ring (bicyclic) bond motifs is 1. The van der Waals surface area contributed by atoms with Crippen molar-refractivity contribution in [3.8, 4) is 11.1 Å². The Bertz CT molecular complexity index is 886. The molecule has 1 aliphatic carbocycles. The van der Waals surface area contributed by atoms with E-state index in [1.165, 1.54) is 46.2 Å². The third kappa shape index (κ3) is 3.97. The maximum Gasteiger partial charge on any atom is 0.0898 e. The van der Waals surface area contributed by atoms with Crippen molar-refractivity contribution >= 4 is 11.8 Å². The van der Waals surface area contributed by atoms with E-state index in [0.29, 0.717) is 17.7 Å². The Morgan fingerprint density at radius 1 is 1.18 bits per heavy atom. The number of aliphatic hydroxyl groups excluding tert-OH is 1. The first-order valence-electron chi connectivity index (χ1n) is 10.8. The van der Waals surface area contributed by atoms with Gasteiger partial charge >= 0.3 is 0 Å². The van der Waals surface area contributed by atoms with E-state index < -0.39 is 0 Å². The van der Waals surface area contributed by atoms with Gasteiger partial charge in [0.15, 0.2) is 0 Å². The molecule has 3 rings (SSSR count). The number of aliphatic hydroxyl groups is 1. The fourth-order valence-corrected chi connectivity index (χ4v) is 4.58. The van der Waals surface area contributed by atoms with Crippen LogP contribution in [0.2, 0.25) is 0 Å². The highest BCUT2D eigenvalue weighted by atomic mass is 16.3. The molecule has 2 heteroatoms. The second-order valence-corrected chi connectivity index (χ2v) is 8.47. The third-order valence-corrected chi connectivity index (χ3v) is 6.27. The molecule has 0 spiro atoms. The van der Waals surface area contributed by atoms with Crippen molar-refractivity contribution in [2.45, 2.75) is 79.2 Å². The van der Waals surface area contributed by atoms with Gasteiger partial charge < -0.3 is 10.4 Å². The monoisotopic (exact) mass is 377 g/mol. The number of hydrogen-bond donors (Lipinski definition) is 2. The van der Waals surface area contributed by atoms with Gasteiger partial charge in [-0.2, -0.15) is 0 Å². The Kier molecular flexibility index (Phi) is 6.17. The Morgan fingerprint density at radius 2 is 1.89 bits per heavy atom. The average molecular weight is 378 g/mol. The lowest BCUT2D eigenvalue weighted by Gasteiger charge is -2.25. The maximum absolute atomic E-state index is 10.0. The second-order valence-electron chi connectivity index (χ2n) is 8.47. The Balaban J connectivity index is 2.25.